The van der Waals surface area contributed by atoms with Gasteiger partial charge in [-0.3, -0.25) is 29.3 Å². The lowest BCUT2D eigenvalue weighted by Gasteiger charge is -2.42. The molecular weight excluding hydrogens is 1250 g/mol. The van der Waals surface area contributed by atoms with Crippen LogP contribution in [0.25, 0.3) is 22.5 Å². The number of benzene rings is 3. The van der Waals surface area contributed by atoms with E-state index in [4.69, 9.17) is 49.5 Å². The summed E-state index contributed by atoms with van der Waals surface area (Å²) in [6.07, 6.45) is 0.608. The summed E-state index contributed by atoms with van der Waals surface area (Å²) in [5, 5.41) is 41.8. The van der Waals surface area contributed by atoms with Crippen molar-refractivity contribution in [2.24, 2.45) is 5.92 Å². The maximum Gasteiger partial charge on any atom is 0.409 e. The molecule has 518 valence electrons. The number of aliphatic hydroxyl groups is 2. The van der Waals surface area contributed by atoms with E-state index in [1.807, 2.05) is 75.4 Å². The quantitative estimate of drug-likeness (QED) is 0.0217. The molecule has 3 aromatic carbocycles. The van der Waals surface area contributed by atoms with E-state index in [1.54, 1.807) is 50.1 Å². The Morgan fingerprint density at radius 1 is 0.874 bits per heavy atom. The van der Waals surface area contributed by atoms with Gasteiger partial charge in [0.1, 0.15) is 41.3 Å². The maximum atomic E-state index is 14.3. The van der Waals surface area contributed by atoms with E-state index in [1.165, 1.54) is 30.9 Å². The number of alkyl carbamates (subject to hydrolysis) is 1. The highest BCUT2D eigenvalue weighted by Crippen LogP contribution is 2.49. The summed E-state index contributed by atoms with van der Waals surface area (Å²) < 4.78 is 46.0. The van der Waals surface area contributed by atoms with Gasteiger partial charge in [0.05, 0.1) is 94.9 Å². The van der Waals surface area contributed by atoms with Crippen LogP contribution in [0.5, 0.6) is 0 Å². The summed E-state index contributed by atoms with van der Waals surface area (Å²) in [6.45, 7) is 13.4. The number of halogens is 1. The second kappa shape index (κ2) is 35.9. The number of hydrogen-bond donors (Lipinski definition) is 6. The van der Waals surface area contributed by atoms with Gasteiger partial charge in [0.15, 0.2) is 5.72 Å². The zero-order valence-electron chi connectivity index (χ0n) is 55.7. The zero-order chi connectivity index (χ0) is 68.8. The molecule has 4 aromatic rings. The molecule has 95 heavy (non-hydrogen) atoms. The fourth-order valence-electron chi connectivity index (χ4n) is 11.5. The van der Waals surface area contributed by atoms with E-state index < -0.39 is 84.6 Å². The molecule has 2 saturated heterocycles. The van der Waals surface area contributed by atoms with Crippen molar-refractivity contribution in [2.45, 2.75) is 148 Å². The van der Waals surface area contributed by atoms with Gasteiger partial charge in [-0.2, -0.15) is 15.4 Å². The molecule has 0 unspecified atom stereocenters. The number of likely N-dealkylation sites (N-methyl/N-ethyl adjacent to an activating group) is 1. The Morgan fingerprint density at radius 2 is 1.53 bits per heavy atom. The molecule has 4 aliphatic rings. The number of esters is 1. The van der Waals surface area contributed by atoms with Crippen LogP contribution >= 0.6 is 11.6 Å². The molecule has 5 heterocycles. The van der Waals surface area contributed by atoms with Crippen LogP contribution in [0.3, 0.4) is 0 Å². The van der Waals surface area contributed by atoms with Crippen LogP contribution in [0.2, 0.25) is 5.02 Å². The van der Waals surface area contributed by atoms with Gasteiger partial charge in [-0.05, 0) is 62.4 Å². The number of hydrogen-bond acceptors (Lipinski definition) is 19. The predicted octanol–water partition coefficient (Wildman–Crippen LogP) is 6.27. The molecule has 8 atom stereocenters. The molecule has 4 aliphatic heterocycles. The second-order valence-electron chi connectivity index (χ2n) is 23.8. The number of allylic oxidation sites excluding steroid dienone is 3. The molecular formula is C68H92ClN9O17. The average molecular weight is 1340 g/mol. The second-order valence-corrected chi connectivity index (χ2v) is 24.1. The summed E-state index contributed by atoms with van der Waals surface area (Å²) in [5.41, 5.74) is 3.81. The molecule has 2 fully saturated rings. The number of nitrogens with one attached hydrogen (secondary N) is 4. The number of rotatable bonds is 27. The lowest BCUT2D eigenvalue weighted by atomic mass is 9.83. The molecule has 6 amide bonds. The topological polar surface area (TPSA) is 324 Å². The van der Waals surface area contributed by atoms with Crippen LogP contribution in [0, 0.1) is 5.92 Å². The Kier molecular flexibility index (Phi) is 28.2. The van der Waals surface area contributed by atoms with E-state index >= 15 is 0 Å². The molecule has 6 N–H and O–H groups in total. The van der Waals surface area contributed by atoms with E-state index in [-0.39, 0.29) is 94.2 Å². The summed E-state index contributed by atoms with van der Waals surface area (Å²) in [6, 6.07) is 17.6. The molecule has 0 spiro atoms. The standard InChI is InChI=1S/C66H86ClN9O17.C2H6/c1-41-14-12-19-52(86-7)66(85)38-51(91-64(84)70-66)42(2)62-65(4,93-62)53(37-58(82)75(6)50-36-44(34-41)35-46(40-77)59(50)67)92-63(83)43(3)69-55(79)20-13-21-56(80)74(5)25-27-88-29-31-90-33-32-89-30-28-87-26-23-54(78)68-24-22-57(81)76-39-45-15-8-9-16-47(45)60-61(72-73-71-60)48-17-10-11-18-49(48)76;1-2/h8-12,14-19,35-36,42-43,51-53,62,77,85H,13,20-34,37-40H2,1-7H3,(H,68,78)(H,69,79)(H,70,84)(H,71,72,73);1-2H3/b19-12+,41-14-;/t42-,43+,51+,52-,53+,62+,65+,66+;/m1./s1. The normalized spacial score (nSPS) is 22.7. The first-order valence-electron chi connectivity index (χ1n) is 32.3. The zero-order valence-corrected chi connectivity index (χ0v) is 56.5. The van der Waals surface area contributed by atoms with Crippen molar-refractivity contribution in [1.82, 2.24) is 36.3 Å². The van der Waals surface area contributed by atoms with Crippen molar-refractivity contribution < 1.29 is 81.7 Å². The number of carbonyl (C=O) groups is 7. The van der Waals surface area contributed by atoms with Gasteiger partial charge >= 0.3 is 12.1 Å². The number of carbonyl (C=O) groups excluding carboxylic acids is 7. The van der Waals surface area contributed by atoms with Crippen molar-refractivity contribution in [3.8, 4) is 22.5 Å². The van der Waals surface area contributed by atoms with Crippen LogP contribution in [0.1, 0.15) is 103 Å². The van der Waals surface area contributed by atoms with Crippen molar-refractivity contribution >= 4 is 64.6 Å². The van der Waals surface area contributed by atoms with Gasteiger partial charge in [0.25, 0.3) is 0 Å². The SMILES string of the molecule is CC.CO[C@@H]1/C=C/C=C(/C)Cc2cc(CO)c(Cl)c(c2)N(C)C(=O)C[C@H](OC(=O)[C@H](C)NC(=O)CCCC(=O)N(C)CCOCCOCCOCCOCCC(=O)NCCC(=O)N2Cc3ccccc3-c3n[nH]nc3-c3ccccc32)[C@]2(C)O[C@H]2[C@H](C)[C@@H]2C[C@@]1(O)NC(=O)O2. The minimum absolute atomic E-state index is 0.0540. The lowest BCUT2D eigenvalue weighted by molar-refractivity contribution is -0.157. The number of fused-ring (bicyclic) bond motifs is 10. The van der Waals surface area contributed by atoms with Crippen LogP contribution < -0.4 is 25.8 Å². The molecule has 4 bridgehead atoms. The predicted molar refractivity (Wildman–Crippen MR) is 352 cm³/mol. The number of aliphatic hydroxyl groups excluding tert-OH is 1. The largest absolute Gasteiger partial charge is 0.457 e. The van der Waals surface area contributed by atoms with Gasteiger partial charge in [0.2, 0.25) is 29.5 Å². The number of nitrogens with zero attached hydrogens (tertiary/aromatic N) is 5. The smallest absolute Gasteiger partial charge is 0.409 e. The number of epoxide rings is 1. The van der Waals surface area contributed by atoms with Crippen LogP contribution in [0.4, 0.5) is 16.2 Å². The Bertz CT molecular complexity index is 3350. The van der Waals surface area contributed by atoms with Crippen molar-refractivity contribution in [3.63, 3.8) is 0 Å². The van der Waals surface area contributed by atoms with Crippen molar-refractivity contribution in [2.75, 3.05) is 96.9 Å². The number of amides is 6. The van der Waals surface area contributed by atoms with E-state index in [0.717, 1.165) is 33.5 Å². The van der Waals surface area contributed by atoms with Gasteiger partial charge in [-0.25, -0.2) is 9.59 Å². The molecule has 27 heteroatoms. The van der Waals surface area contributed by atoms with Gasteiger partial charge in [-0.15, -0.1) is 0 Å². The molecule has 0 saturated carbocycles. The van der Waals surface area contributed by atoms with Crippen LogP contribution in [0.15, 0.2) is 84.5 Å². The Hall–Kier alpha value is -7.66. The third-order valence-electron chi connectivity index (χ3n) is 16.9. The highest BCUT2D eigenvalue weighted by atomic mass is 35.5. The Morgan fingerprint density at radius 3 is 2.22 bits per heavy atom. The number of aromatic amines is 1. The van der Waals surface area contributed by atoms with Crippen LogP contribution in [-0.4, -0.2) is 201 Å². The molecule has 0 aliphatic carbocycles. The maximum absolute atomic E-state index is 14.3. The number of ether oxygens (including phenoxy) is 8. The number of H-pyrrole nitrogens is 1. The molecule has 26 nitrogen and oxygen atoms in total. The summed E-state index contributed by atoms with van der Waals surface area (Å²) in [4.78, 5) is 98.1. The minimum atomic E-state index is -1.89. The van der Waals surface area contributed by atoms with Crippen molar-refractivity contribution in [3.05, 3.63) is 106 Å². The number of aromatic nitrogens is 3. The third kappa shape index (κ3) is 20.2. The molecule has 8 rings (SSSR count). The minimum Gasteiger partial charge on any atom is -0.457 e. The monoisotopic (exact) mass is 1340 g/mol. The first kappa shape index (κ1) is 74.7. The van der Waals surface area contributed by atoms with Crippen molar-refractivity contribution in [1.29, 1.82) is 0 Å². The Labute approximate surface area is 559 Å². The average Bonchev–Trinajstić information content (AvgIpc) is 1.59. The summed E-state index contributed by atoms with van der Waals surface area (Å²) in [5.74, 6) is -3.08. The van der Waals surface area contributed by atoms with Gasteiger partial charge in [-0.1, -0.05) is 105 Å². The summed E-state index contributed by atoms with van der Waals surface area (Å²) >= 11 is 6.78. The lowest BCUT2D eigenvalue weighted by Crippen LogP contribution is -2.63. The highest BCUT2D eigenvalue weighted by molar-refractivity contribution is 6.34. The van der Waals surface area contributed by atoms with E-state index in [2.05, 4.69) is 31.4 Å². The fourth-order valence-corrected chi connectivity index (χ4v) is 11.8. The molecule has 1 aromatic heterocycles. The van der Waals surface area contributed by atoms with Crippen LogP contribution in [-0.2, 0) is 86.2 Å². The van der Waals surface area contributed by atoms with E-state index in [9.17, 15) is 43.8 Å². The highest BCUT2D eigenvalue weighted by Gasteiger charge is 2.64. The summed E-state index contributed by atoms with van der Waals surface area (Å²) in [7, 11) is 4.55. The van der Waals surface area contributed by atoms with Gasteiger partial charge < -0.3 is 73.4 Å². The first-order chi connectivity index (χ1) is 45.6. The molecule has 0 radical (unpaired) electrons. The number of para-hydroxylation sites is 1. The Balaban J connectivity index is 0.00000631. The number of methoxy groups -OCH3 is 1. The first-order valence-corrected chi connectivity index (χ1v) is 32.7. The fraction of sp³-hybridized carbons (Fsp3) is 0.544. The third-order valence-corrected chi connectivity index (χ3v) is 17.4. The van der Waals surface area contributed by atoms with Gasteiger partial charge in [0, 0.05) is 83.4 Å². The number of anilines is 2. The van der Waals surface area contributed by atoms with E-state index in [0.29, 0.717) is 68.6 Å².